The molecule has 1 heterocycles. The molecule has 0 aliphatic heterocycles. The third-order valence-corrected chi connectivity index (χ3v) is 5.19. The van der Waals surface area contributed by atoms with Crippen molar-refractivity contribution in [3.8, 4) is 5.75 Å². The zero-order chi connectivity index (χ0) is 19.4. The molecule has 2 aliphatic rings. The Kier molecular flexibility index (Phi) is 5.94. The van der Waals surface area contributed by atoms with Crippen LogP contribution in [0.15, 0.2) is 35.9 Å². The molecule has 27 heavy (non-hydrogen) atoms. The summed E-state index contributed by atoms with van der Waals surface area (Å²) in [6.07, 6.45) is 12.9. The molecule has 2 aliphatic carbocycles. The number of hydrogen-bond acceptors (Lipinski definition) is 3. The normalized spacial score (nSPS) is 15.6. The van der Waals surface area contributed by atoms with Gasteiger partial charge in [0.2, 0.25) is 0 Å². The van der Waals surface area contributed by atoms with Gasteiger partial charge in [-0.15, -0.1) is 0 Å². The lowest BCUT2D eigenvalue weighted by Gasteiger charge is -2.19. The van der Waals surface area contributed by atoms with Gasteiger partial charge in [0.1, 0.15) is 5.56 Å². The van der Waals surface area contributed by atoms with Gasteiger partial charge in [0, 0.05) is 11.8 Å². The standard InChI is InChI=1S/C21H21NO3.C2H6/c23-20-17(12-13-6-2-1-3-7-13)22-19-15-9-5-4-8-14(15)10-11-16(19)18(20)21(24)25;1-2/h2,6-7,10-11,23H,1,3-5,8-9,12H2,(H,24,25);1-2H3. The molecule has 0 radical (unpaired) electrons. The molecule has 142 valence electrons. The first kappa shape index (κ1) is 19.2. The van der Waals surface area contributed by atoms with Crippen molar-refractivity contribution in [1.82, 2.24) is 4.98 Å². The first-order chi connectivity index (χ1) is 13.1. The van der Waals surface area contributed by atoms with E-state index < -0.39 is 5.97 Å². The molecule has 0 saturated carbocycles. The van der Waals surface area contributed by atoms with Crippen LogP contribution >= 0.6 is 0 Å². The zero-order valence-corrected chi connectivity index (χ0v) is 16.1. The Morgan fingerprint density at radius 1 is 1.15 bits per heavy atom. The van der Waals surface area contributed by atoms with Crippen molar-refractivity contribution in [2.45, 2.75) is 58.8 Å². The Hall–Kier alpha value is -2.62. The summed E-state index contributed by atoms with van der Waals surface area (Å²) in [5.41, 5.74) is 4.68. The van der Waals surface area contributed by atoms with Crippen LogP contribution in [-0.2, 0) is 19.3 Å². The molecular formula is C23H27NO3. The molecule has 0 unspecified atom stereocenters. The lowest BCUT2D eigenvalue weighted by atomic mass is 9.88. The molecule has 0 fully saturated rings. The van der Waals surface area contributed by atoms with E-state index in [9.17, 15) is 15.0 Å². The molecule has 0 atom stereocenters. The lowest BCUT2D eigenvalue weighted by molar-refractivity contribution is 0.0695. The molecule has 1 aromatic carbocycles. The van der Waals surface area contributed by atoms with Gasteiger partial charge in [-0.05, 0) is 55.2 Å². The maximum atomic E-state index is 11.8. The van der Waals surface area contributed by atoms with Crippen LogP contribution in [0.2, 0.25) is 0 Å². The largest absolute Gasteiger partial charge is 0.505 e. The number of carboxylic acids is 1. The Labute approximate surface area is 160 Å². The van der Waals surface area contributed by atoms with Gasteiger partial charge in [0.25, 0.3) is 0 Å². The number of allylic oxidation sites excluding steroid dienone is 4. The third-order valence-electron chi connectivity index (χ3n) is 5.19. The second-order valence-corrected chi connectivity index (χ2v) is 6.83. The van der Waals surface area contributed by atoms with Gasteiger partial charge >= 0.3 is 5.97 Å². The van der Waals surface area contributed by atoms with E-state index in [1.54, 1.807) is 6.07 Å². The number of benzene rings is 1. The van der Waals surface area contributed by atoms with E-state index in [2.05, 4.69) is 12.2 Å². The van der Waals surface area contributed by atoms with Gasteiger partial charge in [0.05, 0.1) is 11.2 Å². The van der Waals surface area contributed by atoms with Crippen molar-refractivity contribution < 1.29 is 15.0 Å². The highest BCUT2D eigenvalue weighted by molar-refractivity contribution is 6.06. The summed E-state index contributed by atoms with van der Waals surface area (Å²) in [7, 11) is 0. The van der Waals surface area contributed by atoms with E-state index in [0.29, 0.717) is 17.5 Å². The number of hydrogen-bond donors (Lipinski definition) is 2. The van der Waals surface area contributed by atoms with E-state index in [4.69, 9.17) is 4.98 Å². The first-order valence-electron chi connectivity index (χ1n) is 9.90. The number of aromatic carboxylic acids is 1. The predicted octanol–water partition coefficient (Wildman–Crippen LogP) is 5.36. The van der Waals surface area contributed by atoms with Crippen LogP contribution in [0.1, 0.15) is 66.7 Å². The molecule has 4 rings (SSSR count). The number of aryl methyl sites for hydroxylation is 2. The monoisotopic (exact) mass is 365 g/mol. The van der Waals surface area contributed by atoms with Crippen LogP contribution in [0.25, 0.3) is 10.9 Å². The summed E-state index contributed by atoms with van der Waals surface area (Å²) in [5, 5.41) is 20.8. The predicted molar refractivity (Wildman–Crippen MR) is 109 cm³/mol. The number of carbonyl (C=O) groups is 1. The number of pyridine rings is 1. The van der Waals surface area contributed by atoms with Crippen LogP contribution in [0.5, 0.6) is 5.75 Å². The average Bonchev–Trinajstić information content (AvgIpc) is 2.70. The second-order valence-electron chi connectivity index (χ2n) is 6.83. The van der Waals surface area contributed by atoms with Gasteiger partial charge in [0.15, 0.2) is 5.75 Å². The van der Waals surface area contributed by atoms with Gasteiger partial charge < -0.3 is 10.2 Å². The lowest BCUT2D eigenvalue weighted by Crippen LogP contribution is -2.09. The fourth-order valence-corrected chi connectivity index (χ4v) is 3.93. The van der Waals surface area contributed by atoms with Crippen molar-refractivity contribution in [3.63, 3.8) is 0 Å². The third kappa shape index (κ3) is 3.75. The number of rotatable bonds is 3. The summed E-state index contributed by atoms with van der Waals surface area (Å²) in [4.78, 5) is 16.6. The summed E-state index contributed by atoms with van der Waals surface area (Å²) in [6.45, 7) is 4.00. The molecule has 0 bridgehead atoms. The minimum absolute atomic E-state index is 0.0197. The SMILES string of the molecule is CC.O=C(O)c1c(O)c(CC2=CCCC=C2)nc2c3c(ccc12)CCCC3. The Morgan fingerprint density at radius 2 is 1.93 bits per heavy atom. The summed E-state index contributed by atoms with van der Waals surface area (Å²) in [6, 6.07) is 3.80. The summed E-state index contributed by atoms with van der Waals surface area (Å²) >= 11 is 0. The van der Waals surface area contributed by atoms with Gasteiger partial charge in [-0.2, -0.15) is 0 Å². The van der Waals surface area contributed by atoms with E-state index in [-0.39, 0.29) is 11.3 Å². The number of carboxylic acid groups (broad SMARTS) is 1. The van der Waals surface area contributed by atoms with Crippen LogP contribution in [0.4, 0.5) is 0 Å². The van der Waals surface area contributed by atoms with Crippen molar-refractivity contribution in [2.75, 3.05) is 0 Å². The van der Waals surface area contributed by atoms with Crippen LogP contribution in [0.3, 0.4) is 0 Å². The number of fused-ring (bicyclic) bond motifs is 3. The Bertz CT molecular complexity index is 925. The fraction of sp³-hybridized carbons (Fsp3) is 0.391. The molecule has 0 amide bonds. The smallest absolute Gasteiger partial charge is 0.340 e. The minimum atomic E-state index is -1.10. The Balaban J connectivity index is 0.00000102. The second kappa shape index (κ2) is 8.38. The van der Waals surface area contributed by atoms with Gasteiger partial charge in [-0.3, -0.25) is 0 Å². The van der Waals surface area contributed by atoms with Crippen LogP contribution in [-0.4, -0.2) is 21.2 Å². The van der Waals surface area contributed by atoms with E-state index in [1.807, 2.05) is 26.0 Å². The summed E-state index contributed by atoms with van der Waals surface area (Å²) < 4.78 is 0. The molecule has 4 nitrogen and oxygen atoms in total. The van der Waals surface area contributed by atoms with E-state index >= 15 is 0 Å². The number of aromatic hydroxyl groups is 1. The highest BCUT2D eigenvalue weighted by Gasteiger charge is 2.23. The highest BCUT2D eigenvalue weighted by Crippen LogP contribution is 2.35. The first-order valence-corrected chi connectivity index (χ1v) is 9.90. The highest BCUT2D eigenvalue weighted by atomic mass is 16.4. The van der Waals surface area contributed by atoms with Crippen molar-refractivity contribution >= 4 is 16.9 Å². The quantitative estimate of drug-likeness (QED) is 0.768. The average molecular weight is 365 g/mol. The number of aromatic nitrogens is 1. The summed E-state index contributed by atoms with van der Waals surface area (Å²) in [5.74, 6) is -1.30. The van der Waals surface area contributed by atoms with Gasteiger partial charge in [-0.25, -0.2) is 9.78 Å². The molecular weight excluding hydrogens is 338 g/mol. The van der Waals surface area contributed by atoms with Crippen LogP contribution < -0.4 is 0 Å². The maximum Gasteiger partial charge on any atom is 0.340 e. The van der Waals surface area contributed by atoms with Crippen molar-refractivity contribution in [3.05, 3.63) is 58.3 Å². The van der Waals surface area contributed by atoms with E-state index in [0.717, 1.165) is 55.2 Å². The number of nitrogens with zero attached hydrogens (tertiary/aromatic N) is 1. The fourth-order valence-electron chi connectivity index (χ4n) is 3.93. The van der Waals surface area contributed by atoms with Crippen molar-refractivity contribution in [2.24, 2.45) is 0 Å². The van der Waals surface area contributed by atoms with Gasteiger partial charge in [-0.1, -0.05) is 44.2 Å². The minimum Gasteiger partial charge on any atom is -0.505 e. The Morgan fingerprint density at radius 3 is 2.63 bits per heavy atom. The van der Waals surface area contributed by atoms with E-state index in [1.165, 1.54) is 5.56 Å². The zero-order valence-electron chi connectivity index (χ0n) is 16.1. The molecule has 0 spiro atoms. The molecule has 1 aromatic heterocycles. The van der Waals surface area contributed by atoms with Crippen LogP contribution in [0, 0.1) is 0 Å². The molecule has 2 N–H and O–H groups in total. The molecule has 2 aromatic rings. The molecule has 4 heteroatoms. The topological polar surface area (TPSA) is 70.4 Å². The van der Waals surface area contributed by atoms with Crippen molar-refractivity contribution in [1.29, 1.82) is 0 Å². The molecule has 0 saturated heterocycles. The maximum absolute atomic E-state index is 11.8.